The van der Waals surface area contributed by atoms with Gasteiger partial charge in [-0.15, -0.1) is 0 Å². The van der Waals surface area contributed by atoms with Crippen LogP contribution < -0.4 is 0 Å². The average Bonchev–Trinajstić information content (AvgIpc) is 2.45. The maximum Gasteiger partial charge on any atom is 0.508 e. The second-order valence-corrected chi connectivity index (χ2v) is 5.96. The third-order valence-electron chi connectivity index (χ3n) is 3.22. The minimum Gasteiger partial charge on any atom is -0.434 e. The summed E-state index contributed by atoms with van der Waals surface area (Å²) < 4.78 is 10.0. The molecule has 0 radical (unpaired) electrons. The molecule has 0 aliphatic rings. The molecule has 0 aromatic heterocycles. The monoisotopic (exact) mass is 350 g/mol. The van der Waals surface area contributed by atoms with Crippen molar-refractivity contribution in [3.63, 3.8) is 0 Å². The molecule has 0 atom stereocenters. The Bertz CT molecular complexity index is 210. The van der Waals surface area contributed by atoms with Gasteiger partial charge in [-0.2, -0.15) is 0 Å². The normalized spacial score (nSPS) is 10.5. The van der Waals surface area contributed by atoms with Crippen LogP contribution in [0.25, 0.3) is 0 Å². The first-order valence-electron chi connectivity index (χ1n) is 8.16. The van der Waals surface area contributed by atoms with Gasteiger partial charge in [0.2, 0.25) is 0 Å². The average molecular weight is 351 g/mol. The molecule has 0 saturated heterocycles. The Balaban J connectivity index is 3.12. The van der Waals surface area contributed by atoms with Crippen LogP contribution in [0.3, 0.4) is 0 Å². The van der Waals surface area contributed by atoms with Gasteiger partial charge in [0.15, 0.2) is 0 Å². The summed E-state index contributed by atoms with van der Waals surface area (Å²) in [6.07, 6.45) is 12.4. The summed E-state index contributed by atoms with van der Waals surface area (Å²) in [5.41, 5.74) is 0. The third-order valence-corrected chi connectivity index (χ3v) is 3.78. The lowest BCUT2D eigenvalue weighted by Crippen LogP contribution is -2.09. The maximum atomic E-state index is 11.3. The molecule has 0 aromatic rings. The van der Waals surface area contributed by atoms with Gasteiger partial charge in [0.05, 0.1) is 13.2 Å². The molecule has 0 N–H and O–H groups in total. The molecule has 0 aliphatic heterocycles. The first kappa shape index (κ1) is 19.8. The minimum atomic E-state index is -0.500. The molecule has 0 unspecified atom stereocenters. The molecule has 0 aromatic carbocycles. The van der Waals surface area contributed by atoms with Crippen LogP contribution in [0, 0.1) is 0 Å². The molecule has 4 heteroatoms. The summed E-state index contributed by atoms with van der Waals surface area (Å²) in [5.74, 6) is 0. The van der Waals surface area contributed by atoms with E-state index in [-0.39, 0.29) is 0 Å². The van der Waals surface area contributed by atoms with Crippen LogP contribution in [-0.2, 0) is 9.47 Å². The summed E-state index contributed by atoms with van der Waals surface area (Å²) in [6, 6.07) is 0. The van der Waals surface area contributed by atoms with E-state index in [9.17, 15) is 4.79 Å². The van der Waals surface area contributed by atoms with Crippen molar-refractivity contribution in [3.8, 4) is 0 Å². The molecule has 0 rings (SSSR count). The van der Waals surface area contributed by atoms with E-state index in [1.807, 2.05) is 0 Å². The number of hydrogen-bond donors (Lipinski definition) is 0. The van der Waals surface area contributed by atoms with Crippen molar-refractivity contribution >= 4 is 22.1 Å². The summed E-state index contributed by atoms with van der Waals surface area (Å²) in [4.78, 5) is 11.3. The van der Waals surface area contributed by atoms with E-state index in [1.54, 1.807) is 0 Å². The van der Waals surface area contributed by atoms with Gasteiger partial charge in [-0.1, -0.05) is 74.2 Å². The van der Waals surface area contributed by atoms with Gasteiger partial charge in [-0.25, -0.2) is 4.79 Å². The molecule has 3 nitrogen and oxygen atoms in total. The lowest BCUT2D eigenvalue weighted by molar-refractivity contribution is 0.0529. The number of rotatable bonds is 14. The number of hydrogen-bond acceptors (Lipinski definition) is 3. The molecule has 0 saturated carbocycles. The van der Waals surface area contributed by atoms with Crippen LogP contribution in [-0.4, -0.2) is 24.7 Å². The van der Waals surface area contributed by atoms with E-state index < -0.39 is 6.16 Å². The fourth-order valence-electron chi connectivity index (χ4n) is 1.96. The zero-order chi connectivity index (χ0) is 14.9. The highest BCUT2D eigenvalue weighted by Gasteiger charge is 2.02. The van der Waals surface area contributed by atoms with Crippen molar-refractivity contribution in [1.29, 1.82) is 0 Å². The van der Waals surface area contributed by atoms with Crippen LogP contribution in [0.5, 0.6) is 0 Å². The van der Waals surface area contributed by atoms with Crippen LogP contribution in [0.4, 0.5) is 4.79 Å². The zero-order valence-electron chi connectivity index (χ0n) is 13.0. The quantitative estimate of drug-likeness (QED) is 0.224. The Morgan fingerprint density at radius 3 is 1.70 bits per heavy atom. The predicted molar refractivity (Wildman–Crippen MR) is 87.6 cm³/mol. The lowest BCUT2D eigenvalue weighted by Gasteiger charge is -2.06. The minimum absolute atomic E-state index is 0.493. The van der Waals surface area contributed by atoms with Crippen LogP contribution >= 0.6 is 15.9 Å². The topological polar surface area (TPSA) is 35.5 Å². The highest BCUT2D eigenvalue weighted by molar-refractivity contribution is 9.09. The molecule has 0 bridgehead atoms. The van der Waals surface area contributed by atoms with Gasteiger partial charge < -0.3 is 9.47 Å². The van der Waals surface area contributed by atoms with Crippen LogP contribution in [0.2, 0.25) is 0 Å². The van der Waals surface area contributed by atoms with Crippen molar-refractivity contribution in [2.75, 3.05) is 18.5 Å². The fourth-order valence-corrected chi connectivity index (χ4v) is 2.36. The van der Waals surface area contributed by atoms with E-state index in [0.29, 0.717) is 13.2 Å². The molecule has 120 valence electrons. The Kier molecular flexibility index (Phi) is 16.6. The maximum absolute atomic E-state index is 11.3. The van der Waals surface area contributed by atoms with Gasteiger partial charge in [0.25, 0.3) is 0 Å². The number of alkyl halides is 1. The number of carbonyl (C=O) groups excluding carboxylic acids is 1. The van der Waals surface area contributed by atoms with Crippen molar-refractivity contribution in [1.82, 2.24) is 0 Å². The number of carbonyl (C=O) groups is 1. The molecule has 0 aliphatic carbocycles. The summed E-state index contributed by atoms with van der Waals surface area (Å²) in [6.45, 7) is 3.18. The Morgan fingerprint density at radius 1 is 0.750 bits per heavy atom. The van der Waals surface area contributed by atoms with E-state index >= 15 is 0 Å². The molecule has 20 heavy (non-hydrogen) atoms. The summed E-state index contributed by atoms with van der Waals surface area (Å²) in [5, 5.41) is 1.10. The first-order chi connectivity index (χ1) is 9.81. The van der Waals surface area contributed by atoms with Crippen molar-refractivity contribution in [3.05, 3.63) is 0 Å². The van der Waals surface area contributed by atoms with E-state index in [4.69, 9.17) is 9.47 Å². The van der Waals surface area contributed by atoms with E-state index in [1.165, 1.54) is 44.9 Å². The van der Waals surface area contributed by atoms with Crippen molar-refractivity contribution in [2.45, 2.75) is 77.6 Å². The van der Waals surface area contributed by atoms with Crippen molar-refractivity contribution in [2.24, 2.45) is 0 Å². The number of ether oxygens (including phenoxy) is 2. The molecule has 0 heterocycles. The highest BCUT2D eigenvalue weighted by Crippen LogP contribution is 2.07. The fraction of sp³-hybridized carbons (Fsp3) is 0.938. The standard InChI is InChI=1S/C16H31BrO3/c1-2-3-4-8-11-14-19-16(18)20-15-12-9-6-5-7-10-13-17/h2-15H2,1H3. The van der Waals surface area contributed by atoms with Gasteiger partial charge in [0, 0.05) is 5.33 Å². The highest BCUT2D eigenvalue weighted by atomic mass is 79.9. The Labute approximate surface area is 132 Å². The second-order valence-electron chi connectivity index (χ2n) is 5.17. The Morgan fingerprint density at radius 2 is 1.20 bits per heavy atom. The smallest absolute Gasteiger partial charge is 0.434 e. The van der Waals surface area contributed by atoms with Gasteiger partial charge >= 0.3 is 6.16 Å². The number of halogens is 1. The zero-order valence-corrected chi connectivity index (χ0v) is 14.6. The van der Waals surface area contributed by atoms with Crippen LogP contribution in [0.1, 0.15) is 77.6 Å². The molecule has 0 spiro atoms. The summed E-state index contributed by atoms with van der Waals surface area (Å²) >= 11 is 3.43. The number of unbranched alkanes of at least 4 members (excludes halogenated alkanes) is 9. The van der Waals surface area contributed by atoms with Crippen LogP contribution in [0.15, 0.2) is 0 Å². The molecule has 0 amide bonds. The molecular formula is C16H31BrO3. The van der Waals surface area contributed by atoms with E-state index in [0.717, 1.165) is 31.0 Å². The Hall–Kier alpha value is -0.250. The summed E-state index contributed by atoms with van der Waals surface area (Å²) in [7, 11) is 0. The first-order valence-corrected chi connectivity index (χ1v) is 9.29. The van der Waals surface area contributed by atoms with Gasteiger partial charge in [-0.05, 0) is 19.3 Å². The second kappa shape index (κ2) is 16.8. The lowest BCUT2D eigenvalue weighted by atomic mass is 10.1. The molecular weight excluding hydrogens is 320 g/mol. The SMILES string of the molecule is CCCCCCCOC(=O)OCCCCCCCCBr. The van der Waals surface area contributed by atoms with E-state index in [2.05, 4.69) is 22.9 Å². The largest absolute Gasteiger partial charge is 0.508 e. The van der Waals surface area contributed by atoms with Crippen molar-refractivity contribution < 1.29 is 14.3 Å². The third kappa shape index (κ3) is 15.8. The predicted octanol–water partition coefficient (Wildman–Crippen LogP) is 5.85. The van der Waals surface area contributed by atoms with Gasteiger partial charge in [-0.3, -0.25) is 0 Å². The van der Waals surface area contributed by atoms with Gasteiger partial charge in [0.1, 0.15) is 0 Å². The molecule has 0 fully saturated rings.